The highest BCUT2D eigenvalue weighted by molar-refractivity contribution is 7.88. The third-order valence-electron chi connectivity index (χ3n) is 2.91. The molecule has 0 bridgehead atoms. The van der Waals surface area contributed by atoms with Gasteiger partial charge in [-0.1, -0.05) is 6.92 Å². The Bertz CT molecular complexity index is 341. The Morgan fingerprint density at radius 1 is 1.41 bits per heavy atom. The standard InChI is InChI=1S/C11H24N2O3S/c1-9-7-16-6-5-10(9)12-8-11(2,3)13-17(4,14)15/h9-10,12-13H,5-8H2,1-4H3. The molecule has 2 N–H and O–H groups in total. The molecule has 1 saturated heterocycles. The van der Waals surface area contributed by atoms with Crippen molar-refractivity contribution in [2.45, 2.75) is 38.8 Å². The van der Waals surface area contributed by atoms with Crippen LogP contribution in [0.2, 0.25) is 0 Å². The number of sulfonamides is 1. The summed E-state index contributed by atoms with van der Waals surface area (Å²) in [7, 11) is -3.16. The third-order valence-corrected chi connectivity index (χ3v) is 3.83. The molecule has 6 heteroatoms. The van der Waals surface area contributed by atoms with Crippen molar-refractivity contribution in [2.75, 3.05) is 26.0 Å². The van der Waals surface area contributed by atoms with Crippen LogP contribution in [0.25, 0.3) is 0 Å². The van der Waals surface area contributed by atoms with E-state index in [-0.39, 0.29) is 0 Å². The van der Waals surface area contributed by atoms with Crippen LogP contribution in [0.15, 0.2) is 0 Å². The van der Waals surface area contributed by atoms with Crippen LogP contribution >= 0.6 is 0 Å². The van der Waals surface area contributed by atoms with Crippen molar-refractivity contribution < 1.29 is 13.2 Å². The van der Waals surface area contributed by atoms with Crippen molar-refractivity contribution in [2.24, 2.45) is 5.92 Å². The Morgan fingerprint density at radius 3 is 2.59 bits per heavy atom. The minimum atomic E-state index is -3.16. The van der Waals surface area contributed by atoms with E-state index in [0.29, 0.717) is 18.5 Å². The smallest absolute Gasteiger partial charge is 0.209 e. The highest BCUT2D eigenvalue weighted by atomic mass is 32.2. The minimum Gasteiger partial charge on any atom is -0.381 e. The molecule has 17 heavy (non-hydrogen) atoms. The second-order valence-corrected chi connectivity index (χ2v) is 7.33. The summed E-state index contributed by atoms with van der Waals surface area (Å²) in [6.07, 6.45) is 2.17. The van der Waals surface area contributed by atoms with Crippen molar-refractivity contribution in [1.82, 2.24) is 10.0 Å². The average Bonchev–Trinajstić information content (AvgIpc) is 2.13. The van der Waals surface area contributed by atoms with Gasteiger partial charge in [0.2, 0.25) is 10.0 Å². The number of rotatable bonds is 5. The predicted octanol–water partition coefficient (Wildman–Crippen LogP) is 0.329. The molecule has 2 unspecified atom stereocenters. The van der Waals surface area contributed by atoms with E-state index in [1.54, 1.807) is 0 Å². The highest BCUT2D eigenvalue weighted by Crippen LogP contribution is 2.14. The molecule has 5 nitrogen and oxygen atoms in total. The molecule has 0 aromatic carbocycles. The van der Waals surface area contributed by atoms with Crippen LogP contribution in [0, 0.1) is 5.92 Å². The molecule has 1 aliphatic rings. The van der Waals surface area contributed by atoms with Crippen LogP contribution in [0.1, 0.15) is 27.2 Å². The van der Waals surface area contributed by atoms with E-state index < -0.39 is 15.6 Å². The van der Waals surface area contributed by atoms with Gasteiger partial charge in [-0.15, -0.1) is 0 Å². The Hall–Kier alpha value is -0.170. The zero-order valence-corrected chi connectivity index (χ0v) is 11.9. The molecule has 0 aromatic rings. The van der Waals surface area contributed by atoms with E-state index in [9.17, 15) is 8.42 Å². The summed E-state index contributed by atoms with van der Waals surface area (Å²) in [6, 6.07) is 0.407. The monoisotopic (exact) mass is 264 g/mol. The Morgan fingerprint density at radius 2 is 2.06 bits per heavy atom. The Balaban J connectivity index is 2.43. The lowest BCUT2D eigenvalue weighted by molar-refractivity contribution is 0.0377. The van der Waals surface area contributed by atoms with Crippen molar-refractivity contribution in [1.29, 1.82) is 0 Å². The topological polar surface area (TPSA) is 67.4 Å². The summed E-state index contributed by atoms with van der Waals surface area (Å²) in [5.74, 6) is 0.470. The second kappa shape index (κ2) is 5.65. The van der Waals surface area contributed by atoms with Crippen LogP contribution in [0.5, 0.6) is 0 Å². The van der Waals surface area contributed by atoms with Crippen molar-refractivity contribution >= 4 is 10.0 Å². The van der Waals surface area contributed by atoms with Gasteiger partial charge in [0.15, 0.2) is 0 Å². The zero-order chi connectivity index (χ0) is 13.1. The minimum absolute atomic E-state index is 0.407. The van der Waals surface area contributed by atoms with Gasteiger partial charge in [-0.25, -0.2) is 13.1 Å². The van der Waals surface area contributed by atoms with E-state index in [4.69, 9.17) is 4.74 Å². The SMILES string of the molecule is CC1COCCC1NCC(C)(C)NS(C)(=O)=O. The first-order valence-electron chi connectivity index (χ1n) is 6.00. The van der Waals surface area contributed by atoms with Crippen LogP contribution in [0.4, 0.5) is 0 Å². The lowest BCUT2D eigenvalue weighted by atomic mass is 9.96. The number of hydrogen-bond donors (Lipinski definition) is 2. The first-order chi connectivity index (χ1) is 7.70. The first kappa shape index (κ1) is 14.9. The maximum atomic E-state index is 11.2. The molecule has 0 saturated carbocycles. The molecular formula is C11H24N2O3S. The predicted molar refractivity (Wildman–Crippen MR) is 68.4 cm³/mol. The number of nitrogens with one attached hydrogen (secondary N) is 2. The maximum Gasteiger partial charge on any atom is 0.209 e. The summed E-state index contributed by atoms with van der Waals surface area (Å²) in [5.41, 5.74) is -0.467. The van der Waals surface area contributed by atoms with Gasteiger partial charge in [-0.2, -0.15) is 0 Å². The molecule has 1 rings (SSSR count). The van der Waals surface area contributed by atoms with E-state index in [1.165, 1.54) is 6.26 Å². The van der Waals surface area contributed by atoms with Crippen LogP contribution in [-0.2, 0) is 14.8 Å². The van der Waals surface area contributed by atoms with Gasteiger partial charge >= 0.3 is 0 Å². The zero-order valence-electron chi connectivity index (χ0n) is 11.1. The van der Waals surface area contributed by atoms with Gasteiger partial charge in [-0.05, 0) is 26.2 Å². The molecule has 1 fully saturated rings. The van der Waals surface area contributed by atoms with Gasteiger partial charge in [0, 0.05) is 24.7 Å². The molecular weight excluding hydrogens is 240 g/mol. The lowest BCUT2D eigenvalue weighted by Crippen LogP contribution is -2.53. The first-order valence-corrected chi connectivity index (χ1v) is 7.89. The Labute approximate surface area is 104 Å². The molecule has 0 radical (unpaired) electrons. The van der Waals surface area contributed by atoms with Crippen molar-refractivity contribution in [3.8, 4) is 0 Å². The van der Waals surface area contributed by atoms with Gasteiger partial charge in [0.05, 0.1) is 12.9 Å². The molecule has 0 aromatic heterocycles. The molecule has 2 atom stereocenters. The normalized spacial score (nSPS) is 27.1. The van der Waals surface area contributed by atoms with Crippen LogP contribution < -0.4 is 10.0 Å². The summed E-state index contributed by atoms with van der Waals surface area (Å²) in [4.78, 5) is 0. The summed E-state index contributed by atoms with van der Waals surface area (Å²) in [6.45, 7) is 8.08. The molecule has 1 heterocycles. The largest absolute Gasteiger partial charge is 0.381 e. The van der Waals surface area contributed by atoms with Crippen molar-refractivity contribution in [3.63, 3.8) is 0 Å². The lowest BCUT2D eigenvalue weighted by Gasteiger charge is -2.33. The fourth-order valence-electron chi connectivity index (χ4n) is 2.11. The summed E-state index contributed by atoms with van der Waals surface area (Å²) in [5, 5.41) is 3.43. The molecule has 0 aliphatic carbocycles. The maximum absolute atomic E-state index is 11.2. The second-order valence-electron chi connectivity index (χ2n) is 5.59. The van der Waals surface area contributed by atoms with Gasteiger partial charge in [0.25, 0.3) is 0 Å². The van der Waals surface area contributed by atoms with E-state index in [0.717, 1.165) is 19.6 Å². The highest BCUT2D eigenvalue weighted by Gasteiger charge is 2.26. The average molecular weight is 264 g/mol. The fourth-order valence-corrected chi connectivity index (χ4v) is 3.18. The Kier molecular flexibility index (Phi) is 4.95. The van der Waals surface area contributed by atoms with Crippen LogP contribution in [0.3, 0.4) is 0 Å². The summed E-state index contributed by atoms with van der Waals surface area (Å²) < 4.78 is 30.4. The van der Waals surface area contributed by atoms with E-state index in [2.05, 4.69) is 17.0 Å². The molecule has 0 amide bonds. The summed E-state index contributed by atoms with van der Waals surface area (Å²) >= 11 is 0. The third kappa shape index (κ3) is 5.81. The molecule has 1 aliphatic heterocycles. The molecule has 0 spiro atoms. The van der Waals surface area contributed by atoms with Gasteiger partial charge in [0.1, 0.15) is 0 Å². The molecule has 102 valence electrons. The number of hydrogen-bond acceptors (Lipinski definition) is 4. The van der Waals surface area contributed by atoms with E-state index in [1.807, 2.05) is 13.8 Å². The van der Waals surface area contributed by atoms with Crippen molar-refractivity contribution in [3.05, 3.63) is 0 Å². The fraction of sp³-hybridized carbons (Fsp3) is 1.00. The van der Waals surface area contributed by atoms with Crippen LogP contribution in [-0.4, -0.2) is 46.0 Å². The van der Waals surface area contributed by atoms with Gasteiger partial charge in [-0.3, -0.25) is 0 Å². The van der Waals surface area contributed by atoms with E-state index >= 15 is 0 Å². The van der Waals surface area contributed by atoms with Gasteiger partial charge < -0.3 is 10.1 Å². The number of ether oxygens (including phenoxy) is 1. The quantitative estimate of drug-likeness (QED) is 0.751.